The average Bonchev–Trinajstić information content (AvgIpc) is 2.84. The summed E-state index contributed by atoms with van der Waals surface area (Å²) < 4.78 is 5.69. The van der Waals surface area contributed by atoms with Crippen molar-refractivity contribution in [2.24, 2.45) is 0 Å². The lowest BCUT2D eigenvalue weighted by atomic mass is 10.0. The number of Topliss-reactive ketones (excluding diaryl/α,β-unsaturated/α-hetero) is 2. The van der Waals surface area contributed by atoms with Crippen LogP contribution in [-0.2, 0) is 4.79 Å². The number of carbonyl (C=O) groups is 2. The van der Waals surface area contributed by atoms with Crippen molar-refractivity contribution >= 4 is 17.1 Å². The summed E-state index contributed by atoms with van der Waals surface area (Å²) in [6.45, 7) is 4.11. The van der Waals surface area contributed by atoms with Crippen molar-refractivity contribution < 1.29 is 19.1 Å². The Morgan fingerprint density at radius 2 is 1.67 bits per heavy atom. The number of aliphatic hydroxyl groups excluding tert-OH is 1. The first-order valence-electron chi connectivity index (χ1n) is 6.53. The molecule has 1 N–H and O–H groups in total. The van der Waals surface area contributed by atoms with E-state index in [0.29, 0.717) is 5.76 Å². The van der Waals surface area contributed by atoms with Crippen molar-refractivity contribution in [1.29, 1.82) is 0 Å². The first kappa shape index (κ1) is 14.8. The Balaban J connectivity index is 2.67. The normalized spacial score (nSPS) is 12.0. The fourth-order valence-electron chi connectivity index (χ4n) is 2.16. The zero-order valence-electron chi connectivity index (χ0n) is 12.1. The van der Waals surface area contributed by atoms with E-state index in [4.69, 9.17) is 4.42 Å². The molecule has 0 amide bonds. The summed E-state index contributed by atoms with van der Waals surface area (Å²) in [7, 11) is 0. The lowest BCUT2D eigenvalue weighted by molar-refractivity contribution is -0.112. The molecule has 21 heavy (non-hydrogen) atoms. The van der Waals surface area contributed by atoms with E-state index in [1.165, 1.54) is 20.8 Å². The van der Waals surface area contributed by atoms with Crippen LogP contribution in [0.4, 0.5) is 0 Å². The Hall–Kier alpha value is -2.62. The van der Waals surface area contributed by atoms with Crippen LogP contribution in [0.3, 0.4) is 0 Å². The van der Waals surface area contributed by atoms with Gasteiger partial charge in [0.25, 0.3) is 0 Å². The van der Waals surface area contributed by atoms with Gasteiger partial charge in [-0.3, -0.25) is 9.59 Å². The summed E-state index contributed by atoms with van der Waals surface area (Å²) in [5.41, 5.74) is 1.11. The first-order valence-corrected chi connectivity index (χ1v) is 6.53. The molecule has 0 saturated heterocycles. The minimum atomic E-state index is -0.355. The Morgan fingerprint density at radius 3 is 2.14 bits per heavy atom. The molecule has 0 saturated carbocycles. The van der Waals surface area contributed by atoms with E-state index in [9.17, 15) is 14.7 Å². The van der Waals surface area contributed by atoms with Gasteiger partial charge in [0.2, 0.25) is 0 Å². The Kier molecular flexibility index (Phi) is 4.08. The molecule has 4 heteroatoms. The van der Waals surface area contributed by atoms with Crippen LogP contribution in [0.2, 0.25) is 0 Å². The number of rotatable bonds is 4. The third-order valence-corrected chi connectivity index (χ3v) is 3.11. The van der Waals surface area contributed by atoms with E-state index >= 15 is 0 Å². The van der Waals surface area contributed by atoms with E-state index in [1.807, 2.05) is 30.3 Å². The van der Waals surface area contributed by atoms with Gasteiger partial charge < -0.3 is 9.52 Å². The maximum Gasteiger partial charge on any atom is 0.166 e. The molecule has 0 spiro atoms. The number of hydrogen-bond acceptors (Lipinski definition) is 4. The minimum absolute atomic E-state index is 0.0300. The van der Waals surface area contributed by atoms with E-state index in [-0.39, 0.29) is 34.2 Å². The zero-order valence-corrected chi connectivity index (χ0v) is 12.1. The SMILES string of the molecule is CC(=O)/C(=C(/C)O)c1oc(-c2ccccc2)cc1C(C)=O. The highest BCUT2D eigenvalue weighted by Crippen LogP contribution is 2.31. The van der Waals surface area contributed by atoms with Crippen LogP contribution >= 0.6 is 0 Å². The van der Waals surface area contributed by atoms with Gasteiger partial charge in [0.1, 0.15) is 11.5 Å². The van der Waals surface area contributed by atoms with Crippen molar-refractivity contribution in [2.45, 2.75) is 20.8 Å². The van der Waals surface area contributed by atoms with Crippen LogP contribution in [0.15, 0.2) is 46.6 Å². The molecule has 0 radical (unpaired) electrons. The monoisotopic (exact) mass is 284 g/mol. The predicted molar refractivity (Wildman–Crippen MR) is 80.1 cm³/mol. The molecule has 1 aromatic carbocycles. The molecule has 1 aromatic heterocycles. The van der Waals surface area contributed by atoms with E-state index in [2.05, 4.69) is 0 Å². The van der Waals surface area contributed by atoms with Crippen molar-refractivity contribution in [3.8, 4) is 11.3 Å². The van der Waals surface area contributed by atoms with Crippen LogP contribution in [0.25, 0.3) is 16.9 Å². The number of ketones is 2. The van der Waals surface area contributed by atoms with Crippen LogP contribution in [-0.4, -0.2) is 16.7 Å². The average molecular weight is 284 g/mol. The van der Waals surface area contributed by atoms with Gasteiger partial charge in [-0.05, 0) is 26.8 Å². The number of furan rings is 1. The summed E-state index contributed by atoms with van der Waals surface area (Å²) in [6.07, 6.45) is 0. The molecule has 0 aliphatic heterocycles. The van der Waals surface area contributed by atoms with Crippen molar-refractivity contribution in [1.82, 2.24) is 0 Å². The fraction of sp³-hybridized carbons (Fsp3) is 0.176. The van der Waals surface area contributed by atoms with Crippen LogP contribution in [0.5, 0.6) is 0 Å². The summed E-state index contributed by atoms with van der Waals surface area (Å²) >= 11 is 0. The highest BCUT2D eigenvalue weighted by atomic mass is 16.3. The predicted octanol–water partition coefficient (Wildman–Crippen LogP) is 4.03. The van der Waals surface area contributed by atoms with E-state index < -0.39 is 0 Å². The molecule has 4 nitrogen and oxygen atoms in total. The van der Waals surface area contributed by atoms with Crippen molar-refractivity contribution in [2.75, 3.05) is 0 Å². The van der Waals surface area contributed by atoms with Crippen molar-refractivity contribution in [3.63, 3.8) is 0 Å². The molecular formula is C17H16O4. The maximum atomic E-state index is 11.8. The van der Waals surface area contributed by atoms with Crippen LogP contribution in [0, 0.1) is 0 Å². The van der Waals surface area contributed by atoms with Gasteiger partial charge >= 0.3 is 0 Å². The molecule has 0 atom stereocenters. The Morgan fingerprint density at radius 1 is 1.05 bits per heavy atom. The maximum absolute atomic E-state index is 11.8. The third-order valence-electron chi connectivity index (χ3n) is 3.11. The van der Waals surface area contributed by atoms with Gasteiger partial charge in [-0.25, -0.2) is 0 Å². The first-order chi connectivity index (χ1) is 9.91. The summed E-state index contributed by atoms with van der Waals surface area (Å²) in [4.78, 5) is 23.5. The second-order valence-corrected chi connectivity index (χ2v) is 4.79. The van der Waals surface area contributed by atoms with Gasteiger partial charge in [0, 0.05) is 5.56 Å². The van der Waals surface area contributed by atoms with Gasteiger partial charge in [-0.15, -0.1) is 0 Å². The lowest BCUT2D eigenvalue weighted by Crippen LogP contribution is -2.03. The number of carbonyl (C=O) groups excluding carboxylic acids is 2. The number of allylic oxidation sites excluding steroid dienone is 2. The molecular weight excluding hydrogens is 268 g/mol. The molecule has 2 rings (SSSR count). The van der Waals surface area contributed by atoms with Crippen molar-refractivity contribution in [3.05, 3.63) is 53.5 Å². The largest absolute Gasteiger partial charge is 0.512 e. The Bertz CT molecular complexity index is 717. The third kappa shape index (κ3) is 2.94. The van der Waals surface area contributed by atoms with Gasteiger partial charge in [0.05, 0.1) is 11.1 Å². The summed E-state index contributed by atoms with van der Waals surface area (Å²) in [6, 6.07) is 10.9. The summed E-state index contributed by atoms with van der Waals surface area (Å²) in [5, 5.41) is 9.71. The molecule has 0 unspecified atom stereocenters. The second-order valence-electron chi connectivity index (χ2n) is 4.79. The lowest BCUT2D eigenvalue weighted by Gasteiger charge is -2.03. The highest BCUT2D eigenvalue weighted by molar-refractivity contribution is 6.21. The Labute approximate surface area is 122 Å². The minimum Gasteiger partial charge on any atom is -0.512 e. The number of hydrogen-bond donors (Lipinski definition) is 1. The standard InChI is InChI=1S/C17H16O4/c1-10(18)14-9-15(13-7-5-4-6-8-13)21-17(14)16(11(2)19)12(3)20/h4-9,19H,1-3H3/b16-11+. The number of aliphatic hydroxyl groups is 1. The molecule has 0 aliphatic rings. The van der Waals surface area contributed by atoms with Crippen LogP contribution in [0.1, 0.15) is 36.9 Å². The quantitative estimate of drug-likeness (QED) is 0.523. The van der Waals surface area contributed by atoms with Gasteiger partial charge in [-0.1, -0.05) is 30.3 Å². The topological polar surface area (TPSA) is 67.5 Å². The second kappa shape index (κ2) is 5.79. The molecule has 2 aromatic rings. The summed E-state index contributed by atoms with van der Waals surface area (Å²) in [5.74, 6) is -0.147. The van der Waals surface area contributed by atoms with Gasteiger partial charge in [0.15, 0.2) is 17.3 Å². The molecule has 1 heterocycles. The smallest absolute Gasteiger partial charge is 0.166 e. The van der Waals surface area contributed by atoms with Crippen LogP contribution < -0.4 is 0 Å². The molecule has 108 valence electrons. The van der Waals surface area contributed by atoms with E-state index in [0.717, 1.165) is 5.56 Å². The molecule has 0 fully saturated rings. The fourth-order valence-corrected chi connectivity index (χ4v) is 2.16. The number of benzene rings is 1. The zero-order chi connectivity index (χ0) is 15.6. The van der Waals surface area contributed by atoms with Gasteiger partial charge in [-0.2, -0.15) is 0 Å². The highest BCUT2D eigenvalue weighted by Gasteiger charge is 2.23. The molecule has 0 bridgehead atoms. The molecule has 0 aliphatic carbocycles. The van der Waals surface area contributed by atoms with E-state index in [1.54, 1.807) is 6.07 Å².